The molecule has 38 heavy (non-hydrogen) atoms. The summed E-state index contributed by atoms with van der Waals surface area (Å²) in [5.74, 6) is -1.42. The molecule has 1 aliphatic rings. The van der Waals surface area contributed by atoms with E-state index in [0.717, 1.165) is 11.1 Å². The van der Waals surface area contributed by atoms with Crippen LogP contribution < -0.4 is 4.74 Å². The van der Waals surface area contributed by atoms with Gasteiger partial charge in [-0.15, -0.1) is 0 Å². The molecule has 0 aromatic heterocycles. The van der Waals surface area contributed by atoms with Crippen molar-refractivity contribution in [3.05, 3.63) is 64.2 Å². The zero-order valence-corrected chi connectivity index (χ0v) is 22.1. The minimum absolute atomic E-state index is 0.0345. The van der Waals surface area contributed by atoms with Crippen molar-refractivity contribution >= 4 is 35.8 Å². The molecule has 3 rings (SSSR count). The number of carbonyl (C=O) groups is 4. The normalized spacial score (nSPS) is 22.7. The first kappa shape index (κ1) is 29.1. The molecular formula is C27H29ClO10. The van der Waals surface area contributed by atoms with E-state index in [1.54, 1.807) is 30.3 Å². The Bertz CT molecular complexity index is 1150. The second kappa shape index (κ2) is 13.4. The van der Waals surface area contributed by atoms with Gasteiger partial charge in [0.1, 0.15) is 18.5 Å². The van der Waals surface area contributed by atoms with E-state index >= 15 is 0 Å². The summed E-state index contributed by atoms with van der Waals surface area (Å²) in [5.41, 5.74) is 2.24. The number of halogens is 1. The smallest absolute Gasteiger partial charge is 0.303 e. The Morgan fingerprint density at radius 3 is 2.08 bits per heavy atom. The topological polar surface area (TPSA) is 124 Å². The lowest BCUT2D eigenvalue weighted by Crippen LogP contribution is -2.58. The van der Waals surface area contributed by atoms with E-state index in [9.17, 15) is 19.2 Å². The van der Waals surface area contributed by atoms with Crippen molar-refractivity contribution in [2.24, 2.45) is 0 Å². The molecule has 0 bridgehead atoms. The standard InChI is InChI=1S/C27H29ClO10/c1-15(30)35-24-23(38-27(33-4)26(37-17(3)32)25(24)36-16(2)31)19-7-10-22(28)20(14-19)13-18-5-8-21(9-6-18)34-12-11-29/h5-11,14,23-27H,12-13H2,1-4H3/t23-,24-,25+,26-,27-/m0/s1. The average Bonchev–Trinajstić information content (AvgIpc) is 2.86. The first-order valence-corrected chi connectivity index (χ1v) is 12.1. The fourth-order valence-electron chi connectivity index (χ4n) is 4.19. The summed E-state index contributed by atoms with van der Waals surface area (Å²) in [4.78, 5) is 46.3. The third-order valence-corrected chi connectivity index (χ3v) is 6.04. The molecule has 5 atom stereocenters. The van der Waals surface area contributed by atoms with Crippen molar-refractivity contribution in [2.45, 2.75) is 57.9 Å². The summed E-state index contributed by atoms with van der Waals surface area (Å²) in [7, 11) is 1.35. The third kappa shape index (κ3) is 7.53. The SMILES string of the molecule is CO[C@H]1O[C@@H](c2ccc(Cl)c(Cc3ccc(OCC=O)cc3)c2)[C@H](OC(C)=O)[C@@H](OC(C)=O)[C@@H]1OC(C)=O. The Hall–Kier alpha value is -3.47. The molecule has 2 aromatic carbocycles. The largest absolute Gasteiger partial charge is 0.486 e. The van der Waals surface area contributed by atoms with Gasteiger partial charge in [0.15, 0.2) is 30.9 Å². The fraction of sp³-hybridized carbons (Fsp3) is 0.407. The monoisotopic (exact) mass is 548 g/mol. The zero-order chi connectivity index (χ0) is 27.8. The van der Waals surface area contributed by atoms with Crippen molar-refractivity contribution in [1.82, 2.24) is 0 Å². The highest BCUT2D eigenvalue weighted by Gasteiger charge is 2.52. The highest BCUT2D eigenvalue weighted by atomic mass is 35.5. The lowest BCUT2D eigenvalue weighted by molar-refractivity contribution is -0.300. The number of methoxy groups -OCH3 is 1. The summed E-state index contributed by atoms with van der Waals surface area (Å²) < 4.78 is 33.2. The lowest BCUT2D eigenvalue weighted by Gasteiger charge is -2.44. The van der Waals surface area contributed by atoms with Gasteiger partial charge in [0.05, 0.1) is 0 Å². The van der Waals surface area contributed by atoms with Crippen LogP contribution in [0.3, 0.4) is 0 Å². The van der Waals surface area contributed by atoms with E-state index in [2.05, 4.69) is 0 Å². The van der Waals surface area contributed by atoms with Crippen LogP contribution in [0.15, 0.2) is 42.5 Å². The Labute approximate surface area is 225 Å². The number of esters is 3. The molecule has 11 heteroatoms. The van der Waals surface area contributed by atoms with E-state index < -0.39 is 48.6 Å². The van der Waals surface area contributed by atoms with Crippen molar-refractivity contribution in [2.75, 3.05) is 13.7 Å². The molecule has 0 saturated carbocycles. The summed E-state index contributed by atoms with van der Waals surface area (Å²) in [6, 6.07) is 12.4. The number of benzene rings is 2. The van der Waals surface area contributed by atoms with Crippen LogP contribution in [-0.2, 0) is 49.3 Å². The maximum atomic E-state index is 12.0. The number of rotatable bonds is 10. The summed E-state index contributed by atoms with van der Waals surface area (Å²) >= 11 is 6.50. The van der Waals surface area contributed by atoms with Crippen molar-refractivity contribution in [1.29, 1.82) is 0 Å². The van der Waals surface area contributed by atoms with Crippen molar-refractivity contribution < 1.29 is 47.6 Å². The van der Waals surface area contributed by atoms with Crippen LogP contribution in [0.25, 0.3) is 0 Å². The Balaban J connectivity index is 1.97. The van der Waals surface area contributed by atoms with Gasteiger partial charge in [-0.2, -0.15) is 0 Å². The average molecular weight is 549 g/mol. The molecule has 1 fully saturated rings. The number of hydrogen-bond donors (Lipinski definition) is 0. The molecule has 0 spiro atoms. The van der Waals surface area contributed by atoms with Crippen LogP contribution in [0.1, 0.15) is 43.6 Å². The molecule has 2 aromatic rings. The molecule has 0 radical (unpaired) electrons. The van der Waals surface area contributed by atoms with Gasteiger partial charge in [-0.1, -0.05) is 35.9 Å². The first-order chi connectivity index (χ1) is 18.1. The van der Waals surface area contributed by atoms with E-state index in [0.29, 0.717) is 29.0 Å². The van der Waals surface area contributed by atoms with Crippen LogP contribution in [-0.4, -0.2) is 62.5 Å². The molecule has 0 amide bonds. The maximum absolute atomic E-state index is 12.0. The Morgan fingerprint density at radius 2 is 1.50 bits per heavy atom. The molecule has 1 aliphatic heterocycles. The van der Waals surface area contributed by atoms with Gasteiger partial charge in [-0.25, -0.2) is 0 Å². The van der Waals surface area contributed by atoms with E-state index in [-0.39, 0.29) is 6.61 Å². The fourth-order valence-corrected chi connectivity index (χ4v) is 4.38. The molecule has 1 heterocycles. The Morgan fingerprint density at radius 1 is 0.895 bits per heavy atom. The number of hydrogen-bond acceptors (Lipinski definition) is 10. The van der Waals surface area contributed by atoms with E-state index in [1.807, 2.05) is 12.1 Å². The molecule has 0 unspecified atom stereocenters. The molecule has 0 N–H and O–H groups in total. The zero-order valence-electron chi connectivity index (χ0n) is 21.4. The van der Waals surface area contributed by atoms with Crippen molar-refractivity contribution in [3.63, 3.8) is 0 Å². The van der Waals surface area contributed by atoms with Gasteiger partial charge in [0.2, 0.25) is 0 Å². The van der Waals surface area contributed by atoms with Gasteiger partial charge in [-0.05, 0) is 41.3 Å². The molecule has 0 aliphatic carbocycles. The molecular weight excluding hydrogens is 520 g/mol. The summed E-state index contributed by atoms with van der Waals surface area (Å²) in [5, 5.41) is 0.493. The van der Waals surface area contributed by atoms with Gasteiger partial charge in [-0.3, -0.25) is 19.2 Å². The highest BCUT2D eigenvalue weighted by molar-refractivity contribution is 6.31. The van der Waals surface area contributed by atoms with Crippen LogP contribution in [0, 0.1) is 0 Å². The third-order valence-electron chi connectivity index (χ3n) is 5.67. The lowest BCUT2D eigenvalue weighted by atomic mass is 9.91. The molecule has 1 saturated heterocycles. The van der Waals surface area contributed by atoms with Crippen LogP contribution >= 0.6 is 11.6 Å². The second-order valence-electron chi connectivity index (χ2n) is 8.53. The van der Waals surface area contributed by atoms with Gasteiger partial charge in [0.25, 0.3) is 0 Å². The summed E-state index contributed by atoms with van der Waals surface area (Å²) in [6.07, 6.45) is -4.51. The first-order valence-electron chi connectivity index (χ1n) is 11.8. The van der Waals surface area contributed by atoms with Crippen molar-refractivity contribution in [3.8, 4) is 5.75 Å². The van der Waals surface area contributed by atoms with Gasteiger partial charge in [0, 0.05) is 32.9 Å². The van der Waals surface area contributed by atoms with Crippen LogP contribution in [0.2, 0.25) is 5.02 Å². The van der Waals surface area contributed by atoms with E-state index in [4.69, 9.17) is 40.0 Å². The van der Waals surface area contributed by atoms with Crippen LogP contribution in [0.5, 0.6) is 5.75 Å². The minimum atomic E-state index is -1.21. The number of ether oxygens (including phenoxy) is 6. The number of carbonyl (C=O) groups excluding carboxylic acids is 4. The quantitative estimate of drug-likeness (QED) is 0.248. The Kier molecular flexibility index (Phi) is 10.2. The maximum Gasteiger partial charge on any atom is 0.303 e. The highest BCUT2D eigenvalue weighted by Crippen LogP contribution is 2.39. The second-order valence-corrected chi connectivity index (χ2v) is 8.94. The predicted octanol–water partition coefficient (Wildman–Crippen LogP) is 3.35. The molecule has 204 valence electrons. The van der Waals surface area contributed by atoms with Gasteiger partial charge >= 0.3 is 17.9 Å². The minimum Gasteiger partial charge on any atom is -0.486 e. The number of aldehydes is 1. The predicted molar refractivity (Wildman–Crippen MR) is 134 cm³/mol. The van der Waals surface area contributed by atoms with E-state index in [1.165, 1.54) is 27.9 Å². The van der Waals surface area contributed by atoms with Crippen LogP contribution in [0.4, 0.5) is 0 Å². The molecule has 10 nitrogen and oxygen atoms in total. The van der Waals surface area contributed by atoms with Gasteiger partial charge < -0.3 is 28.4 Å². The summed E-state index contributed by atoms with van der Waals surface area (Å²) in [6.45, 7) is 3.56.